The highest BCUT2D eigenvalue weighted by molar-refractivity contribution is 5.75. The molecule has 0 aromatic rings. The highest BCUT2D eigenvalue weighted by atomic mass is 16.2. The van der Waals surface area contributed by atoms with Crippen molar-refractivity contribution in [2.45, 2.75) is 26.3 Å². The average Bonchev–Trinajstić information content (AvgIpc) is 2.15. The topological polar surface area (TPSA) is 52.7 Å². The minimum absolute atomic E-state index is 0.0481. The number of hydrogen-bond acceptors (Lipinski definition) is 2. The van der Waals surface area contributed by atoms with E-state index in [0.717, 1.165) is 6.41 Å². The Bertz CT molecular complexity index is 240. The first-order valence-electron chi connectivity index (χ1n) is 5.19. The molecule has 0 radical (unpaired) electrons. The van der Waals surface area contributed by atoms with Crippen LogP contribution in [0.15, 0.2) is 0 Å². The zero-order chi connectivity index (χ0) is 11.5. The second kappa shape index (κ2) is 4.51. The van der Waals surface area contributed by atoms with Gasteiger partial charge in [-0.1, -0.05) is 0 Å². The van der Waals surface area contributed by atoms with Gasteiger partial charge in [0, 0.05) is 31.7 Å². The van der Waals surface area contributed by atoms with E-state index in [1.54, 1.807) is 9.80 Å². The van der Waals surface area contributed by atoms with E-state index >= 15 is 0 Å². The third-order valence-corrected chi connectivity index (χ3v) is 2.23. The van der Waals surface area contributed by atoms with Crippen LogP contribution < -0.4 is 5.32 Å². The summed E-state index contributed by atoms with van der Waals surface area (Å²) >= 11 is 0. The smallest absolute Gasteiger partial charge is 0.317 e. The lowest BCUT2D eigenvalue weighted by molar-refractivity contribution is -0.119. The molecule has 1 aliphatic rings. The quantitative estimate of drug-likeness (QED) is 0.636. The van der Waals surface area contributed by atoms with E-state index in [4.69, 9.17) is 0 Å². The molecular formula is C10H19N3O2. The van der Waals surface area contributed by atoms with E-state index in [-0.39, 0.29) is 11.6 Å². The lowest BCUT2D eigenvalue weighted by Gasteiger charge is -2.34. The fraction of sp³-hybridized carbons (Fsp3) is 0.800. The summed E-state index contributed by atoms with van der Waals surface area (Å²) in [6, 6.07) is -0.0481. The van der Waals surface area contributed by atoms with E-state index in [1.165, 1.54) is 0 Å². The van der Waals surface area contributed by atoms with E-state index in [2.05, 4.69) is 5.32 Å². The molecule has 0 aromatic heterocycles. The number of amides is 3. The van der Waals surface area contributed by atoms with Gasteiger partial charge in [0.25, 0.3) is 0 Å². The lowest BCUT2D eigenvalue weighted by Crippen LogP contribution is -2.54. The maximum absolute atomic E-state index is 11.7. The number of urea groups is 1. The average molecular weight is 213 g/mol. The highest BCUT2D eigenvalue weighted by Crippen LogP contribution is 2.04. The number of nitrogens with zero attached hydrogens (tertiary/aromatic N) is 2. The number of rotatable bonds is 1. The molecule has 0 bridgehead atoms. The predicted octanol–water partition coefficient (Wildman–Crippen LogP) is 0.269. The molecule has 3 amide bonds. The van der Waals surface area contributed by atoms with E-state index in [0.29, 0.717) is 26.2 Å². The van der Waals surface area contributed by atoms with Gasteiger partial charge >= 0.3 is 6.03 Å². The second-order valence-corrected chi connectivity index (χ2v) is 4.81. The minimum atomic E-state index is -0.209. The van der Waals surface area contributed by atoms with Gasteiger partial charge in [-0.2, -0.15) is 0 Å². The fourth-order valence-electron chi connectivity index (χ4n) is 1.43. The summed E-state index contributed by atoms with van der Waals surface area (Å²) in [6.07, 6.45) is 0.832. The number of carbonyl (C=O) groups is 2. The molecule has 0 spiro atoms. The number of carbonyl (C=O) groups excluding carboxylic acids is 2. The zero-order valence-electron chi connectivity index (χ0n) is 9.62. The molecular weight excluding hydrogens is 194 g/mol. The standard InChI is InChI=1S/C10H19N3O2/c1-10(2,3)11-9(15)13-6-4-12(8-14)5-7-13/h8H,4-7H2,1-3H3,(H,11,15). The normalized spacial score (nSPS) is 17.5. The summed E-state index contributed by atoms with van der Waals surface area (Å²) in [7, 11) is 0. The summed E-state index contributed by atoms with van der Waals surface area (Å²) in [4.78, 5) is 25.6. The molecule has 0 aromatic carbocycles. The third kappa shape index (κ3) is 3.77. The zero-order valence-corrected chi connectivity index (χ0v) is 9.62. The van der Waals surface area contributed by atoms with Crippen LogP contribution in [0.5, 0.6) is 0 Å². The molecule has 0 saturated carbocycles. The molecule has 5 nitrogen and oxygen atoms in total. The summed E-state index contributed by atoms with van der Waals surface area (Å²) in [5.41, 5.74) is -0.209. The molecule has 1 aliphatic heterocycles. The first-order chi connectivity index (χ1) is 6.92. The summed E-state index contributed by atoms with van der Waals surface area (Å²) < 4.78 is 0. The van der Waals surface area contributed by atoms with Crippen molar-refractivity contribution in [3.63, 3.8) is 0 Å². The summed E-state index contributed by atoms with van der Waals surface area (Å²) in [5.74, 6) is 0. The van der Waals surface area contributed by atoms with Crippen molar-refractivity contribution >= 4 is 12.4 Å². The number of nitrogens with one attached hydrogen (secondary N) is 1. The van der Waals surface area contributed by atoms with Crippen LogP contribution in [0, 0.1) is 0 Å². The van der Waals surface area contributed by atoms with Gasteiger partial charge in [-0.05, 0) is 20.8 Å². The van der Waals surface area contributed by atoms with Crippen LogP contribution in [0.2, 0.25) is 0 Å². The van der Waals surface area contributed by atoms with Gasteiger partial charge < -0.3 is 15.1 Å². The van der Waals surface area contributed by atoms with Crippen molar-refractivity contribution < 1.29 is 9.59 Å². The van der Waals surface area contributed by atoms with Gasteiger partial charge in [0.15, 0.2) is 0 Å². The van der Waals surface area contributed by atoms with Crippen molar-refractivity contribution in [2.24, 2.45) is 0 Å². The first kappa shape index (κ1) is 11.8. The van der Waals surface area contributed by atoms with Gasteiger partial charge in [-0.3, -0.25) is 4.79 Å². The molecule has 5 heteroatoms. The molecule has 1 rings (SSSR count). The van der Waals surface area contributed by atoms with Crippen LogP contribution in [0.4, 0.5) is 4.79 Å². The van der Waals surface area contributed by atoms with Crippen molar-refractivity contribution in [1.29, 1.82) is 0 Å². The van der Waals surface area contributed by atoms with Crippen molar-refractivity contribution in [3.8, 4) is 0 Å². The lowest BCUT2D eigenvalue weighted by atomic mass is 10.1. The Hall–Kier alpha value is -1.26. The van der Waals surface area contributed by atoms with Crippen LogP contribution in [-0.2, 0) is 4.79 Å². The Morgan fingerprint density at radius 3 is 2.13 bits per heavy atom. The predicted molar refractivity (Wildman–Crippen MR) is 57.5 cm³/mol. The van der Waals surface area contributed by atoms with Crippen LogP contribution in [-0.4, -0.2) is 54.0 Å². The largest absolute Gasteiger partial charge is 0.342 e. The Morgan fingerprint density at radius 2 is 1.73 bits per heavy atom. The molecule has 1 N–H and O–H groups in total. The van der Waals surface area contributed by atoms with E-state index < -0.39 is 0 Å². The van der Waals surface area contributed by atoms with Crippen molar-refractivity contribution in [1.82, 2.24) is 15.1 Å². The molecule has 86 valence electrons. The minimum Gasteiger partial charge on any atom is -0.342 e. The number of hydrogen-bond donors (Lipinski definition) is 1. The maximum atomic E-state index is 11.7. The third-order valence-electron chi connectivity index (χ3n) is 2.23. The van der Waals surface area contributed by atoms with Crippen LogP contribution in [0.3, 0.4) is 0 Å². The van der Waals surface area contributed by atoms with Crippen LogP contribution >= 0.6 is 0 Å². The molecule has 1 heterocycles. The summed E-state index contributed by atoms with van der Waals surface area (Å²) in [6.45, 7) is 8.33. The molecule has 0 atom stereocenters. The SMILES string of the molecule is CC(C)(C)NC(=O)N1CCN(C=O)CC1. The van der Waals surface area contributed by atoms with Gasteiger partial charge in [0.2, 0.25) is 6.41 Å². The molecule has 0 unspecified atom stereocenters. The van der Waals surface area contributed by atoms with Crippen molar-refractivity contribution in [3.05, 3.63) is 0 Å². The Balaban J connectivity index is 2.40. The van der Waals surface area contributed by atoms with E-state index in [9.17, 15) is 9.59 Å². The van der Waals surface area contributed by atoms with Crippen molar-refractivity contribution in [2.75, 3.05) is 26.2 Å². The van der Waals surface area contributed by atoms with E-state index in [1.807, 2.05) is 20.8 Å². The van der Waals surface area contributed by atoms with Gasteiger partial charge in [-0.15, -0.1) is 0 Å². The monoisotopic (exact) mass is 213 g/mol. The fourth-order valence-corrected chi connectivity index (χ4v) is 1.43. The number of piperazine rings is 1. The Kier molecular flexibility index (Phi) is 3.55. The van der Waals surface area contributed by atoms with Gasteiger partial charge in [-0.25, -0.2) is 4.79 Å². The molecule has 0 aliphatic carbocycles. The second-order valence-electron chi connectivity index (χ2n) is 4.81. The Labute approximate surface area is 90.4 Å². The first-order valence-corrected chi connectivity index (χ1v) is 5.19. The van der Waals surface area contributed by atoms with Gasteiger partial charge in [0.05, 0.1) is 0 Å². The summed E-state index contributed by atoms with van der Waals surface area (Å²) in [5, 5.41) is 2.90. The van der Waals surface area contributed by atoms with Gasteiger partial charge in [0.1, 0.15) is 0 Å². The molecule has 15 heavy (non-hydrogen) atoms. The van der Waals surface area contributed by atoms with Crippen LogP contribution in [0.25, 0.3) is 0 Å². The highest BCUT2D eigenvalue weighted by Gasteiger charge is 2.23. The van der Waals surface area contributed by atoms with Crippen LogP contribution in [0.1, 0.15) is 20.8 Å². The molecule has 1 saturated heterocycles. The maximum Gasteiger partial charge on any atom is 0.317 e. The Morgan fingerprint density at radius 1 is 1.20 bits per heavy atom. The molecule has 1 fully saturated rings.